The molecule has 192 valence electrons. The number of carbonyl (C=O) groups is 1. The second-order valence-corrected chi connectivity index (χ2v) is 9.65. The molecular weight excluding hydrogens is 495 g/mol. The van der Waals surface area contributed by atoms with Crippen LogP contribution in [0.5, 0.6) is 11.5 Å². The monoisotopic (exact) mass is 521 g/mol. The number of carbonyl (C=O) groups excluding carboxylic acids is 1. The first-order valence-electron chi connectivity index (χ1n) is 11.1. The van der Waals surface area contributed by atoms with Gasteiger partial charge in [0.25, 0.3) is 5.91 Å². The lowest BCUT2D eigenvalue weighted by Gasteiger charge is -2.29. The Morgan fingerprint density at radius 2 is 1.67 bits per heavy atom. The van der Waals surface area contributed by atoms with E-state index in [4.69, 9.17) is 8.92 Å². The first kappa shape index (κ1) is 27.1. The second kappa shape index (κ2) is 11.0. The molecule has 36 heavy (non-hydrogen) atoms. The molecule has 0 heterocycles. The molecule has 0 fully saturated rings. The summed E-state index contributed by atoms with van der Waals surface area (Å²) in [5.41, 5.74) is -0.0546. The molecule has 0 aliphatic rings. The van der Waals surface area contributed by atoms with Gasteiger partial charge >= 0.3 is 16.3 Å². The Bertz CT molecular complexity index is 1310. The zero-order valence-corrected chi connectivity index (χ0v) is 20.8. The molecule has 3 aromatic carbocycles. The van der Waals surface area contributed by atoms with Crippen LogP contribution in [0.1, 0.15) is 41.8 Å². The van der Waals surface area contributed by atoms with Crippen molar-refractivity contribution in [2.45, 2.75) is 43.9 Å². The molecule has 10 heteroatoms. The average Bonchev–Trinajstić information content (AvgIpc) is 2.86. The molecule has 0 aliphatic heterocycles. The minimum Gasteiger partial charge on any atom is -0.493 e. The van der Waals surface area contributed by atoms with E-state index in [1.165, 1.54) is 19.2 Å². The van der Waals surface area contributed by atoms with Gasteiger partial charge in [-0.15, -0.1) is 0 Å². The van der Waals surface area contributed by atoms with Gasteiger partial charge in [-0.05, 0) is 61.4 Å². The molecule has 0 radical (unpaired) electrons. The average molecular weight is 522 g/mol. The Hall–Kier alpha value is -3.53. The van der Waals surface area contributed by atoms with Gasteiger partial charge in [0.1, 0.15) is 4.90 Å². The SMILES string of the molecule is CCC(C)N(Cc1ccc(OC)c(OS(=O)(=O)c2cccc(C(F)(F)F)c2)c1)C(=O)c1ccccc1. The smallest absolute Gasteiger partial charge is 0.416 e. The zero-order chi connectivity index (χ0) is 26.5. The van der Waals surface area contributed by atoms with Crippen LogP contribution in [-0.4, -0.2) is 32.4 Å². The third kappa shape index (κ3) is 6.37. The minimum atomic E-state index is -4.71. The first-order chi connectivity index (χ1) is 17.0. The van der Waals surface area contributed by atoms with Crippen molar-refractivity contribution >= 4 is 16.0 Å². The molecule has 3 aromatic rings. The van der Waals surface area contributed by atoms with E-state index in [2.05, 4.69) is 0 Å². The summed E-state index contributed by atoms with van der Waals surface area (Å²) in [5, 5.41) is 0. The molecule has 0 spiro atoms. The van der Waals surface area contributed by atoms with E-state index in [9.17, 15) is 26.4 Å². The van der Waals surface area contributed by atoms with Gasteiger partial charge in [-0.3, -0.25) is 4.79 Å². The van der Waals surface area contributed by atoms with Crippen molar-refractivity contribution in [3.63, 3.8) is 0 Å². The van der Waals surface area contributed by atoms with Crippen LogP contribution in [-0.2, 0) is 22.8 Å². The fourth-order valence-electron chi connectivity index (χ4n) is 3.47. The maximum Gasteiger partial charge on any atom is 0.416 e. The Morgan fingerprint density at radius 1 is 0.972 bits per heavy atom. The maximum atomic E-state index is 13.2. The van der Waals surface area contributed by atoms with E-state index in [0.717, 1.165) is 18.2 Å². The summed E-state index contributed by atoms with van der Waals surface area (Å²) in [7, 11) is -3.31. The molecule has 0 aromatic heterocycles. The lowest BCUT2D eigenvalue weighted by molar-refractivity contribution is -0.137. The fourth-order valence-corrected chi connectivity index (χ4v) is 4.45. The van der Waals surface area contributed by atoms with Gasteiger partial charge in [0.2, 0.25) is 0 Å². The van der Waals surface area contributed by atoms with Crippen LogP contribution in [0, 0.1) is 0 Å². The van der Waals surface area contributed by atoms with Gasteiger partial charge in [0.15, 0.2) is 11.5 Å². The second-order valence-electron chi connectivity index (χ2n) is 8.10. The number of amides is 1. The van der Waals surface area contributed by atoms with Crippen molar-refractivity contribution in [2.24, 2.45) is 0 Å². The van der Waals surface area contributed by atoms with Crippen molar-refractivity contribution in [1.82, 2.24) is 4.90 Å². The summed E-state index contributed by atoms with van der Waals surface area (Å²) in [6, 6.07) is 16.5. The van der Waals surface area contributed by atoms with Gasteiger partial charge in [0.05, 0.1) is 12.7 Å². The number of rotatable bonds is 9. The number of methoxy groups -OCH3 is 1. The zero-order valence-electron chi connectivity index (χ0n) is 20.0. The molecule has 1 unspecified atom stereocenters. The quantitative estimate of drug-likeness (QED) is 0.327. The summed E-state index contributed by atoms with van der Waals surface area (Å²) in [6.45, 7) is 3.99. The lowest BCUT2D eigenvalue weighted by atomic mass is 10.1. The number of nitrogens with zero attached hydrogens (tertiary/aromatic N) is 1. The van der Waals surface area contributed by atoms with E-state index in [0.29, 0.717) is 23.6 Å². The van der Waals surface area contributed by atoms with Crippen molar-refractivity contribution in [2.75, 3.05) is 7.11 Å². The number of ether oxygens (including phenoxy) is 1. The molecule has 0 aliphatic carbocycles. The number of alkyl halides is 3. The van der Waals surface area contributed by atoms with E-state index in [-0.39, 0.29) is 30.0 Å². The molecule has 6 nitrogen and oxygen atoms in total. The van der Waals surface area contributed by atoms with E-state index in [1.54, 1.807) is 35.2 Å². The molecule has 1 amide bonds. The van der Waals surface area contributed by atoms with Crippen molar-refractivity contribution in [3.8, 4) is 11.5 Å². The molecule has 0 saturated heterocycles. The molecule has 0 saturated carbocycles. The third-order valence-electron chi connectivity index (χ3n) is 5.63. The van der Waals surface area contributed by atoms with E-state index in [1.807, 2.05) is 19.9 Å². The standard InChI is InChI=1S/C26H26F3NO5S/c1-4-18(2)30(25(31)20-9-6-5-7-10-20)17-19-13-14-23(34-3)24(15-19)35-36(32,33)22-12-8-11-21(16-22)26(27,28)29/h5-16,18H,4,17H2,1-3H3. The minimum absolute atomic E-state index is 0.0683. The largest absolute Gasteiger partial charge is 0.493 e. The number of hydrogen-bond donors (Lipinski definition) is 0. The van der Waals surface area contributed by atoms with Crippen LogP contribution >= 0.6 is 0 Å². The topological polar surface area (TPSA) is 72.9 Å². The van der Waals surface area contributed by atoms with Crippen molar-refractivity contribution < 1.29 is 35.3 Å². The Morgan fingerprint density at radius 3 is 2.28 bits per heavy atom. The van der Waals surface area contributed by atoms with Crippen LogP contribution in [0.15, 0.2) is 77.7 Å². The Kier molecular flexibility index (Phi) is 8.29. The Balaban J connectivity index is 1.93. The number of benzene rings is 3. The Labute approximate surface area is 208 Å². The highest BCUT2D eigenvalue weighted by Gasteiger charge is 2.32. The van der Waals surface area contributed by atoms with Gasteiger partial charge < -0.3 is 13.8 Å². The summed E-state index contributed by atoms with van der Waals surface area (Å²) in [4.78, 5) is 14.2. The number of hydrogen-bond acceptors (Lipinski definition) is 5. The van der Waals surface area contributed by atoms with Crippen LogP contribution in [0.25, 0.3) is 0 Å². The highest BCUT2D eigenvalue weighted by molar-refractivity contribution is 7.87. The molecular formula is C26H26F3NO5S. The summed E-state index contributed by atoms with van der Waals surface area (Å²) >= 11 is 0. The molecule has 0 N–H and O–H groups in total. The van der Waals surface area contributed by atoms with Crippen LogP contribution in [0.4, 0.5) is 13.2 Å². The summed E-state index contributed by atoms with van der Waals surface area (Å²) in [6.07, 6.45) is -4.03. The van der Waals surface area contributed by atoms with E-state index >= 15 is 0 Å². The van der Waals surface area contributed by atoms with Gasteiger partial charge in [0, 0.05) is 18.2 Å². The highest BCUT2D eigenvalue weighted by Crippen LogP contribution is 2.34. The van der Waals surface area contributed by atoms with Crippen molar-refractivity contribution in [1.29, 1.82) is 0 Å². The molecule has 1 atom stereocenters. The number of halogens is 3. The highest BCUT2D eigenvalue weighted by atomic mass is 32.2. The van der Waals surface area contributed by atoms with Crippen LogP contribution in [0.2, 0.25) is 0 Å². The maximum absolute atomic E-state index is 13.2. The van der Waals surface area contributed by atoms with Crippen LogP contribution < -0.4 is 8.92 Å². The van der Waals surface area contributed by atoms with Gasteiger partial charge in [-0.2, -0.15) is 21.6 Å². The van der Waals surface area contributed by atoms with Gasteiger partial charge in [-0.25, -0.2) is 0 Å². The van der Waals surface area contributed by atoms with E-state index < -0.39 is 26.8 Å². The predicted octanol–water partition coefficient (Wildman–Crippen LogP) is 5.92. The lowest BCUT2D eigenvalue weighted by Crippen LogP contribution is -2.37. The summed E-state index contributed by atoms with van der Waals surface area (Å²) < 4.78 is 75.3. The normalized spacial score (nSPS) is 12.6. The molecule has 3 rings (SSSR count). The molecule has 0 bridgehead atoms. The third-order valence-corrected chi connectivity index (χ3v) is 6.87. The predicted molar refractivity (Wildman–Crippen MR) is 128 cm³/mol. The fraction of sp³-hybridized carbons (Fsp3) is 0.269. The summed E-state index contributed by atoms with van der Waals surface area (Å²) in [5.74, 6) is -0.331. The van der Waals surface area contributed by atoms with Crippen LogP contribution in [0.3, 0.4) is 0 Å². The van der Waals surface area contributed by atoms with Gasteiger partial charge in [-0.1, -0.05) is 37.3 Å². The van der Waals surface area contributed by atoms with Crippen molar-refractivity contribution in [3.05, 3.63) is 89.5 Å². The first-order valence-corrected chi connectivity index (χ1v) is 12.5.